The number of benzene rings is 1. The van der Waals surface area contributed by atoms with Crippen LogP contribution < -0.4 is 4.74 Å². The van der Waals surface area contributed by atoms with E-state index in [1.54, 1.807) is 13.0 Å². The predicted octanol–water partition coefficient (Wildman–Crippen LogP) is 2.89. The fourth-order valence-electron chi connectivity index (χ4n) is 1.80. The van der Waals surface area contributed by atoms with Crippen LogP contribution in [0, 0.1) is 0 Å². The molecule has 0 radical (unpaired) electrons. The Morgan fingerprint density at radius 3 is 2.94 bits per heavy atom. The Morgan fingerprint density at radius 2 is 2.33 bits per heavy atom. The fourth-order valence-corrected chi connectivity index (χ4v) is 1.80. The Morgan fingerprint density at radius 1 is 1.56 bits per heavy atom. The molecule has 0 saturated carbocycles. The van der Waals surface area contributed by atoms with Crippen LogP contribution >= 0.6 is 0 Å². The van der Waals surface area contributed by atoms with E-state index in [4.69, 9.17) is 9.47 Å². The Bertz CT molecular complexity index is 447. The molecule has 3 heteroatoms. The Balaban J connectivity index is 1.91. The summed E-state index contributed by atoms with van der Waals surface area (Å²) in [6.45, 7) is 6.09. The zero-order valence-electron chi connectivity index (χ0n) is 10.6. The lowest BCUT2D eigenvalue weighted by Gasteiger charge is -2.26. The van der Waals surface area contributed by atoms with Crippen LogP contribution in [0.15, 0.2) is 36.4 Å². The molecule has 1 unspecified atom stereocenters. The van der Waals surface area contributed by atoms with E-state index in [2.05, 4.69) is 6.58 Å². The van der Waals surface area contributed by atoms with Gasteiger partial charge in [0.1, 0.15) is 5.75 Å². The summed E-state index contributed by atoms with van der Waals surface area (Å²) in [6.07, 6.45) is 3.54. The maximum absolute atomic E-state index is 11.4. The highest BCUT2D eigenvalue weighted by atomic mass is 16.5. The van der Waals surface area contributed by atoms with Gasteiger partial charge in [0.05, 0.1) is 6.10 Å². The van der Waals surface area contributed by atoms with Gasteiger partial charge in [0, 0.05) is 12.2 Å². The van der Waals surface area contributed by atoms with Crippen LogP contribution in [-0.2, 0) is 16.0 Å². The summed E-state index contributed by atoms with van der Waals surface area (Å²) >= 11 is 0. The van der Waals surface area contributed by atoms with Gasteiger partial charge >= 0.3 is 5.97 Å². The van der Waals surface area contributed by atoms with Crippen molar-refractivity contribution in [3.63, 3.8) is 0 Å². The van der Waals surface area contributed by atoms with Crippen molar-refractivity contribution in [3.05, 3.63) is 42.0 Å². The molecule has 1 heterocycles. The van der Waals surface area contributed by atoms with E-state index < -0.39 is 0 Å². The standard InChI is InChI=1S/C15H18O3/c1-11(2)15(16)18-14-5-3-4-12(10-14)6-7-13-8-9-17-13/h3-5,10,13H,1,6-9H2,2H3. The van der Waals surface area contributed by atoms with E-state index in [0.717, 1.165) is 31.4 Å². The minimum Gasteiger partial charge on any atom is -0.423 e. The largest absolute Gasteiger partial charge is 0.423 e. The van der Waals surface area contributed by atoms with Gasteiger partial charge in [-0.3, -0.25) is 0 Å². The lowest BCUT2D eigenvalue weighted by Crippen LogP contribution is -2.26. The number of carbonyl (C=O) groups excluding carboxylic acids is 1. The number of esters is 1. The molecule has 0 amide bonds. The van der Waals surface area contributed by atoms with E-state index >= 15 is 0 Å². The lowest BCUT2D eigenvalue weighted by molar-refractivity contribution is -0.130. The highest BCUT2D eigenvalue weighted by molar-refractivity contribution is 5.88. The highest BCUT2D eigenvalue weighted by Gasteiger charge is 2.17. The van der Waals surface area contributed by atoms with E-state index in [-0.39, 0.29) is 5.97 Å². The first-order valence-corrected chi connectivity index (χ1v) is 6.23. The lowest BCUT2D eigenvalue weighted by atomic mass is 10.0. The molecule has 0 bridgehead atoms. The molecule has 1 aromatic carbocycles. The molecule has 0 aromatic heterocycles. The summed E-state index contributed by atoms with van der Waals surface area (Å²) in [5.41, 5.74) is 1.57. The molecule has 1 aliphatic rings. The second-order valence-corrected chi connectivity index (χ2v) is 4.64. The minimum absolute atomic E-state index is 0.380. The summed E-state index contributed by atoms with van der Waals surface area (Å²) in [4.78, 5) is 11.4. The Labute approximate surface area is 107 Å². The average molecular weight is 246 g/mol. The molecule has 18 heavy (non-hydrogen) atoms. The predicted molar refractivity (Wildman–Crippen MR) is 69.6 cm³/mol. The van der Waals surface area contributed by atoms with Crippen molar-refractivity contribution in [3.8, 4) is 5.75 Å². The molecule has 0 spiro atoms. The quantitative estimate of drug-likeness (QED) is 0.455. The van der Waals surface area contributed by atoms with E-state index in [1.165, 1.54) is 0 Å². The van der Waals surface area contributed by atoms with Crippen molar-refractivity contribution in [2.24, 2.45) is 0 Å². The Kier molecular flexibility index (Phi) is 4.15. The van der Waals surface area contributed by atoms with Crippen LogP contribution in [0.5, 0.6) is 5.75 Å². The van der Waals surface area contributed by atoms with Crippen molar-refractivity contribution >= 4 is 5.97 Å². The van der Waals surface area contributed by atoms with Gasteiger partial charge in [-0.1, -0.05) is 18.7 Å². The van der Waals surface area contributed by atoms with Gasteiger partial charge in [-0.15, -0.1) is 0 Å². The first-order valence-electron chi connectivity index (χ1n) is 6.23. The average Bonchev–Trinajstić information content (AvgIpc) is 2.27. The first kappa shape index (κ1) is 12.8. The maximum Gasteiger partial charge on any atom is 0.338 e. The molecule has 0 N–H and O–H groups in total. The number of aryl methyl sites for hydroxylation is 1. The molecule has 0 aliphatic carbocycles. The summed E-state index contributed by atoms with van der Waals surface area (Å²) in [5.74, 6) is 0.199. The zero-order chi connectivity index (χ0) is 13.0. The van der Waals surface area contributed by atoms with Gasteiger partial charge in [-0.2, -0.15) is 0 Å². The molecule has 1 aliphatic heterocycles. The molecule has 1 saturated heterocycles. The minimum atomic E-state index is -0.380. The van der Waals surface area contributed by atoms with Gasteiger partial charge in [0.2, 0.25) is 0 Å². The maximum atomic E-state index is 11.4. The third-order valence-corrected chi connectivity index (χ3v) is 3.01. The van der Waals surface area contributed by atoms with Gasteiger partial charge in [-0.25, -0.2) is 4.79 Å². The number of ether oxygens (including phenoxy) is 2. The SMILES string of the molecule is C=C(C)C(=O)Oc1cccc(CCC2CCO2)c1. The monoisotopic (exact) mass is 246 g/mol. The fraction of sp³-hybridized carbons (Fsp3) is 0.400. The van der Waals surface area contributed by atoms with E-state index in [1.807, 2.05) is 18.2 Å². The van der Waals surface area contributed by atoms with Crippen LogP contribution in [0.2, 0.25) is 0 Å². The molecule has 1 fully saturated rings. The van der Waals surface area contributed by atoms with Crippen molar-refractivity contribution in [2.75, 3.05) is 6.61 Å². The van der Waals surface area contributed by atoms with E-state index in [9.17, 15) is 4.79 Å². The number of carbonyl (C=O) groups is 1. The third-order valence-electron chi connectivity index (χ3n) is 3.01. The van der Waals surface area contributed by atoms with Crippen molar-refractivity contribution in [1.82, 2.24) is 0 Å². The highest BCUT2D eigenvalue weighted by Crippen LogP contribution is 2.20. The normalized spacial score (nSPS) is 17.9. The van der Waals surface area contributed by atoms with Crippen molar-refractivity contribution in [1.29, 1.82) is 0 Å². The summed E-state index contributed by atoms with van der Waals surface area (Å²) in [5, 5.41) is 0. The molecule has 1 aromatic rings. The molecule has 1 atom stereocenters. The number of rotatable bonds is 5. The Hall–Kier alpha value is -1.61. The second kappa shape index (κ2) is 5.83. The van der Waals surface area contributed by atoms with Gasteiger partial charge in [-0.05, 0) is 43.9 Å². The summed E-state index contributed by atoms with van der Waals surface area (Å²) in [7, 11) is 0. The van der Waals surface area contributed by atoms with Crippen molar-refractivity contribution < 1.29 is 14.3 Å². The molecule has 2 rings (SSSR count). The van der Waals surface area contributed by atoms with Crippen molar-refractivity contribution in [2.45, 2.75) is 32.3 Å². The topological polar surface area (TPSA) is 35.5 Å². The van der Waals surface area contributed by atoms with Crippen LogP contribution in [0.1, 0.15) is 25.3 Å². The molecule has 3 nitrogen and oxygen atoms in total. The first-order chi connectivity index (χ1) is 8.65. The zero-order valence-corrected chi connectivity index (χ0v) is 10.6. The van der Waals surface area contributed by atoms with Gasteiger partial charge in [0.15, 0.2) is 0 Å². The van der Waals surface area contributed by atoms with Gasteiger partial charge < -0.3 is 9.47 Å². The van der Waals surface area contributed by atoms with Crippen LogP contribution in [-0.4, -0.2) is 18.7 Å². The summed E-state index contributed by atoms with van der Waals surface area (Å²) in [6, 6.07) is 7.62. The summed E-state index contributed by atoms with van der Waals surface area (Å²) < 4.78 is 10.6. The molecular weight excluding hydrogens is 228 g/mol. The smallest absolute Gasteiger partial charge is 0.338 e. The number of hydrogen-bond acceptors (Lipinski definition) is 3. The second-order valence-electron chi connectivity index (χ2n) is 4.64. The molecule has 96 valence electrons. The van der Waals surface area contributed by atoms with Gasteiger partial charge in [0.25, 0.3) is 0 Å². The number of hydrogen-bond donors (Lipinski definition) is 0. The third kappa shape index (κ3) is 3.44. The van der Waals surface area contributed by atoms with E-state index in [0.29, 0.717) is 17.4 Å². The van der Waals surface area contributed by atoms with Crippen LogP contribution in [0.3, 0.4) is 0 Å². The molecular formula is C15H18O3. The van der Waals surface area contributed by atoms with Crippen LogP contribution in [0.25, 0.3) is 0 Å². The van der Waals surface area contributed by atoms with Crippen LogP contribution in [0.4, 0.5) is 0 Å².